The fourth-order valence-corrected chi connectivity index (χ4v) is 1.50. The van der Waals surface area contributed by atoms with Crippen molar-refractivity contribution >= 4 is 0 Å². The molecule has 17 heavy (non-hydrogen) atoms. The molecule has 0 saturated heterocycles. The minimum atomic E-state index is 1.03. The maximum Gasteiger partial charge on any atom is 0.0403 e. The lowest BCUT2D eigenvalue weighted by molar-refractivity contribution is 1.03. The number of aryl methyl sites for hydroxylation is 4. The zero-order chi connectivity index (χ0) is 12.7. The lowest BCUT2D eigenvalue weighted by Crippen LogP contribution is -1.85. The molecular formula is C15H20N2. The molecule has 0 N–H and O–H groups in total. The number of hydrogen-bond acceptors (Lipinski definition) is 2. The van der Waals surface area contributed by atoms with E-state index in [2.05, 4.69) is 35.9 Å². The van der Waals surface area contributed by atoms with Gasteiger partial charge in [0, 0.05) is 24.3 Å². The van der Waals surface area contributed by atoms with Crippen LogP contribution in [0.5, 0.6) is 0 Å². The fraction of sp³-hybridized carbons (Fsp3) is 0.333. The Balaban J connectivity index is 0.000000171. The van der Waals surface area contributed by atoms with Gasteiger partial charge in [-0.3, -0.25) is 9.97 Å². The van der Waals surface area contributed by atoms with E-state index in [9.17, 15) is 0 Å². The van der Waals surface area contributed by atoms with Crippen molar-refractivity contribution in [3.05, 3.63) is 59.2 Å². The van der Waals surface area contributed by atoms with E-state index >= 15 is 0 Å². The molecule has 0 radical (unpaired) electrons. The van der Waals surface area contributed by atoms with Crippen molar-refractivity contribution < 1.29 is 0 Å². The van der Waals surface area contributed by atoms with Crippen molar-refractivity contribution in [3.63, 3.8) is 0 Å². The molecule has 2 heteroatoms. The second kappa shape index (κ2) is 6.79. The van der Waals surface area contributed by atoms with E-state index in [-0.39, 0.29) is 0 Å². The average molecular weight is 228 g/mol. The van der Waals surface area contributed by atoms with E-state index in [1.807, 2.05) is 38.5 Å². The third-order valence-electron chi connectivity index (χ3n) is 2.35. The third-order valence-corrected chi connectivity index (χ3v) is 2.35. The summed E-state index contributed by atoms with van der Waals surface area (Å²) in [5, 5.41) is 0. The van der Waals surface area contributed by atoms with Gasteiger partial charge in [0.05, 0.1) is 0 Å². The van der Waals surface area contributed by atoms with Gasteiger partial charge in [-0.2, -0.15) is 0 Å². The van der Waals surface area contributed by atoms with Crippen molar-refractivity contribution in [1.29, 1.82) is 0 Å². The molecule has 2 aromatic rings. The third kappa shape index (κ3) is 5.25. The molecule has 0 aliphatic rings. The van der Waals surface area contributed by atoms with Gasteiger partial charge in [-0.15, -0.1) is 0 Å². The van der Waals surface area contributed by atoms with Gasteiger partial charge in [0.2, 0.25) is 0 Å². The largest absolute Gasteiger partial charge is 0.264 e. The molecule has 0 aliphatic heterocycles. The first-order chi connectivity index (χ1) is 8.11. The van der Waals surface area contributed by atoms with Crippen LogP contribution in [0.1, 0.15) is 29.3 Å². The van der Waals surface area contributed by atoms with Crippen LogP contribution in [0.2, 0.25) is 0 Å². The van der Waals surface area contributed by atoms with Gasteiger partial charge in [-0.1, -0.05) is 13.0 Å². The Bertz CT molecular complexity index is 447. The molecule has 0 saturated carbocycles. The molecule has 0 unspecified atom stereocenters. The highest BCUT2D eigenvalue weighted by Crippen LogP contribution is 1.99. The topological polar surface area (TPSA) is 25.8 Å². The highest BCUT2D eigenvalue weighted by atomic mass is 14.7. The van der Waals surface area contributed by atoms with Crippen LogP contribution >= 0.6 is 0 Å². The number of nitrogens with zero attached hydrogens (tertiary/aromatic N) is 2. The Hall–Kier alpha value is -1.70. The number of rotatable bonds is 1. The first kappa shape index (κ1) is 13.4. The van der Waals surface area contributed by atoms with Gasteiger partial charge >= 0.3 is 0 Å². The van der Waals surface area contributed by atoms with Gasteiger partial charge in [0.15, 0.2) is 0 Å². The Labute approximate surface area is 104 Å². The molecule has 0 aliphatic carbocycles. The van der Waals surface area contributed by atoms with E-state index in [0.29, 0.717) is 0 Å². The quantitative estimate of drug-likeness (QED) is 0.744. The fourth-order valence-electron chi connectivity index (χ4n) is 1.50. The molecule has 2 rings (SSSR count). The zero-order valence-corrected chi connectivity index (χ0v) is 11.1. The van der Waals surface area contributed by atoms with Crippen LogP contribution in [0, 0.1) is 20.8 Å². The Morgan fingerprint density at radius 2 is 1.59 bits per heavy atom. The predicted octanol–water partition coefficient (Wildman–Crippen LogP) is 3.65. The summed E-state index contributed by atoms with van der Waals surface area (Å²) >= 11 is 0. The number of pyridine rings is 2. The van der Waals surface area contributed by atoms with E-state index in [0.717, 1.165) is 6.42 Å². The summed E-state index contributed by atoms with van der Waals surface area (Å²) in [4.78, 5) is 8.14. The lowest BCUT2D eigenvalue weighted by atomic mass is 10.2. The van der Waals surface area contributed by atoms with Crippen LogP contribution in [0.4, 0.5) is 0 Å². The van der Waals surface area contributed by atoms with Crippen LogP contribution in [-0.4, -0.2) is 9.97 Å². The minimum Gasteiger partial charge on any atom is -0.264 e. The van der Waals surface area contributed by atoms with Crippen LogP contribution in [0.25, 0.3) is 0 Å². The molecule has 0 aromatic carbocycles. The Kier molecular flexibility index (Phi) is 5.34. The summed E-state index contributed by atoms with van der Waals surface area (Å²) in [6.45, 7) is 8.28. The van der Waals surface area contributed by atoms with Crippen molar-refractivity contribution in [2.24, 2.45) is 0 Å². The van der Waals surface area contributed by atoms with E-state index in [1.165, 1.54) is 22.4 Å². The lowest BCUT2D eigenvalue weighted by Gasteiger charge is -1.94. The molecule has 0 bridgehead atoms. The molecule has 90 valence electrons. The monoisotopic (exact) mass is 228 g/mol. The molecule has 2 nitrogen and oxygen atoms in total. The molecule has 0 spiro atoms. The molecule has 0 fully saturated rings. The number of aromatic nitrogens is 2. The second-order valence-corrected chi connectivity index (χ2v) is 4.22. The Morgan fingerprint density at radius 1 is 0.941 bits per heavy atom. The number of hydrogen-bond donors (Lipinski definition) is 0. The van der Waals surface area contributed by atoms with Gasteiger partial charge in [0.1, 0.15) is 0 Å². The summed E-state index contributed by atoms with van der Waals surface area (Å²) in [7, 11) is 0. The molecular weight excluding hydrogens is 208 g/mol. The second-order valence-electron chi connectivity index (χ2n) is 4.22. The summed E-state index contributed by atoms with van der Waals surface area (Å²) in [6, 6.07) is 6.23. The van der Waals surface area contributed by atoms with Gasteiger partial charge in [-0.05, 0) is 56.0 Å². The van der Waals surface area contributed by atoms with Crippen molar-refractivity contribution in [2.75, 3.05) is 0 Å². The Morgan fingerprint density at radius 3 is 1.94 bits per heavy atom. The van der Waals surface area contributed by atoms with Crippen molar-refractivity contribution in [3.8, 4) is 0 Å². The highest BCUT2D eigenvalue weighted by Gasteiger charge is 1.87. The molecule has 2 aromatic heterocycles. The van der Waals surface area contributed by atoms with E-state index in [4.69, 9.17) is 0 Å². The first-order valence-corrected chi connectivity index (χ1v) is 5.91. The normalized spacial score (nSPS) is 9.41. The van der Waals surface area contributed by atoms with Crippen molar-refractivity contribution in [1.82, 2.24) is 9.97 Å². The summed E-state index contributed by atoms with van der Waals surface area (Å²) < 4.78 is 0. The van der Waals surface area contributed by atoms with Gasteiger partial charge in [-0.25, -0.2) is 0 Å². The predicted molar refractivity (Wildman–Crippen MR) is 72.1 cm³/mol. The SMILES string of the molecule is CCc1cc(C)ccn1.Cc1cncc(C)c1. The van der Waals surface area contributed by atoms with Gasteiger partial charge < -0.3 is 0 Å². The highest BCUT2D eigenvalue weighted by molar-refractivity contribution is 5.14. The summed E-state index contributed by atoms with van der Waals surface area (Å²) in [5.74, 6) is 0. The average Bonchev–Trinajstić information content (AvgIpc) is 2.29. The summed E-state index contributed by atoms with van der Waals surface area (Å²) in [6.07, 6.45) is 6.59. The minimum absolute atomic E-state index is 1.03. The standard InChI is InChI=1S/C8H11N.C7H9N/c1-3-8-6-7(2)4-5-9-8;1-6-3-7(2)5-8-4-6/h4-6H,3H2,1-2H3;3-5H,1-2H3. The summed E-state index contributed by atoms with van der Waals surface area (Å²) in [5.41, 5.74) is 4.92. The molecule has 2 heterocycles. The zero-order valence-electron chi connectivity index (χ0n) is 11.1. The van der Waals surface area contributed by atoms with Crippen LogP contribution in [-0.2, 0) is 6.42 Å². The van der Waals surface area contributed by atoms with E-state index in [1.54, 1.807) is 0 Å². The van der Waals surface area contributed by atoms with Crippen LogP contribution in [0.3, 0.4) is 0 Å². The maximum atomic E-state index is 4.16. The maximum absolute atomic E-state index is 4.16. The van der Waals surface area contributed by atoms with Crippen molar-refractivity contribution in [2.45, 2.75) is 34.1 Å². The molecule has 0 amide bonds. The smallest absolute Gasteiger partial charge is 0.0403 e. The van der Waals surface area contributed by atoms with Gasteiger partial charge in [0.25, 0.3) is 0 Å². The van der Waals surface area contributed by atoms with Crippen LogP contribution in [0.15, 0.2) is 36.8 Å². The van der Waals surface area contributed by atoms with Crippen LogP contribution < -0.4 is 0 Å². The first-order valence-electron chi connectivity index (χ1n) is 5.91. The van der Waals surface area contributed by atoms with E-state index < -0.39 is 0 Å². The molecule has 0 atom stereocenters.